The van der Waals surface area contributed by atoms with Crippen LogP contribution < -0.4 is 10.0 Å². The fourth-order valence-corrected chi connectivity index (χ4v) is 5.65. The molecule has 1 aromatic carbocycles. The maximum atomic E-state index is 13.3. The molecule has 2 N–H and O–H groups in total. The summed E-state index contributed by atoms with van der Waals surface area (Å²) in [4.78, 5) is 18.2. The zero-order valence-corrected chi connectivity index (χ0v) is 17.9. The van der Waals surface area contributed by atoms with Crippen molar-refractivity contribution in [2.75, 3.05) is 12.4 Å². The summed E-state index contributed by atoms with van der Waals surface area (Å²) < 4.78 is 47.4. The molecule has 1 saturated heterocycles. The van der Waals surface area contributed by atoms with E-state index in [-0.39, 0.29) is 17.1 Å². The number of carbonyl (C=O) groups excluding carboxylic acids is 1. The fraction of sp³-hybridized carbons (Fsp3) is 0.222. The molecule has 4 rings (SSSR count). The third-order valence-corrected chi connectivity index (χ3v) is 7.80. The van der Waals surface area contributed by atoms with Gasteiger partial charge in [0.2, 0.25) is 5.91 Å². The number of thiophene rings is 1. The first-order valence-corrected chi connectivity index (χ1v) is 11.4. The van der Waals surface area contributed by atoms with Crippen LogP contribution in [0.4, 0.5) is 10.1 Å². The highest BCUT2D eigenvalue weighted by atomic mass is 35.5. The zero-order valence-electron chi connectivity index (χ0n) is 15.5. The molecule has 158 valence electrons. The molecule has 0 bridgehead atoms. The third-order valence-electron chi connectivity index (χ3n) is 4.70. The maximum Gasteiger partial charge on any atom is 0.280 e. The van der Waals surface area contributed by atoms with Crippen molar-refractivity contribution in [3.05, 3.63) is 58.6 Å². The summed E-state index contributed by atoms with van der Waals surface area (Å²) in [6.07, 6.45) is 3.08. The number of aromatic nitrogens is 1. The molecule has 12 heteroatoms. The number of benzene rings is 1. The van der Waals surface area contributed by atoms with Crippen molar-refractivity contribution in [1.82, 2.24) is 14.0 Å². The summed E-state index contributed by atoms with van der Waals surface area (Å²) in [7, 11) is -2.57. The number of hydrogen-bond acceptors (Lipinski definition) is 6. The topological polar surface area (TPSA) is 105 Å². The molecule has 3 heterocycles. The Hall–Kier alpha value is -2.31. The largest absolute Gasteiger partial charge is 0.443 e. The van der Waals surface area contributed by atoms with Crippen molar-refractivity contribution in [1.29, 1.82) is 0 Å². The predicted molar refractivity (Wildman–Crippen MR) is 111 cm³/mol. The molecule has 2 aromatic heterocycles. The van der Waals surface area contributed by atoms with Crippen LogP contribution in [0.3, 0.4) is 0 Å². The van der Waals surface area contributed by atoms with E-state index in [9.17, 15) is 17.6 Å². The Labute approximate surface area is 180 Å². The van der Waals surface area contributed by atoms with Gasteiger partial charge in [0.25, 0.3) is 10.2 Å². The van der Waals surface area contributed by atoms with Gasteiger partial charge in [-0.2, -0.15) is 17.4 Å². The van der Waals surface area contributed by atoms with Crippen LogP contribution in [0.1, 0.15) is 17.3 Å². The first-order chi connectivity index (χ1) is 14.2. The van der Waals surface area contributed by atoms with E-state index < -0.39 is 34.0 Å². The smallest absolute Gasteiger partial charge is 0.280 e. The van der Waals surface area contributed by atoms with Crippen molar-refractivity contribution in [2.45, 2.75) is 18.5 Å². The van der Waals surface area contributed by atoms with Crippen molar-refractivity contribution < 1.29 is 22.0 Å². The Morgan fingerprint density at radius 2 is 2.20 bits per heavy atom. The Balaban J connectivity index is 1.57. The average molecular weight is 471 g/mol. The maximum absolute atomic E-state index is 13.3. The lowest BCUT2D eigenvalue weighted by atomic mass is 10.1. The van der Waals surface area contributed by atoms with E-state index in [4.69, 9.17) is 16.0 Å². The van der Waals surface area contributed by atoms with Crippen LogP contribution in [0.25, 0.3) is 10.6 Å². The first kappa shape index (κ1) is 20.9. The molecular formula is C18H16ClFN4O4S2. The molecule has 0 aliphatic carbocycles. The molecule has 8 nitrogen and oxygen atoms in total. The van der Waals surface area contributed by atoms with E-state index in [1.807, 2.05) is 6.07 Å². The van der Waals surface area contributed by atoms with E-state index >= 15 is 0 Å². The number of halogens is 2. The Morgan fingerprint density at radius 3 is 2.90 bits per heavy atom. The van der Waals surface area contributed by atoms with E-state index in [1.165, 1.54) is 36.9 Å². The minimum atomic E-state index is -3.90. The molecule has 1 aliphatic rings. The standard InChI is InChI=1S/C18H16ClFN4O4S2/c1-24-14(18(25)22-10-2-3-12(20)11(19)6-10)7-13(23-30(24,26)27)16-4-5-17(29-16)15-8-21-9-28-15/h2-6,8-9,13-14,23H,7H2,1H3,(H,22,25)/t13?,14-/m0/s1. The summed E-state index contributed by atoms with van der Waals surface area (Å²) in [5.74, 6) is -0.580. The number of amides is 1. The lowest BCUT2D eigenvalue weighted by molar-refractivity contribution is -0.120. The second kappa shape index (κ2) is 8.08. The van der Waals surface area contributed by atoms with Crippen LogP contribution in [0.2, 0.25) is 5.02 Å². The highest BCUT2D eigenvalue weighted by Gasteiger charge is 2.41. The molecule has 2 atom stereocenters. The molecular weight excluding hydrogens is 455 g/mol. The second-order valence-electron chi connectivity index (χ2n) is 6.63. The van der Waals surface area contributed by atoms with Gasteiger partial charge in [-0.05, 0) is 36.8 Å². The molecule has 1 fully saturated rings. The van der Waals surface area contributed by atoms with Gasteiger partial charge in [-0.3, -0.25) is 4.79 Å². The number of nitrogens with one attached hydrogen (secondary N) is 2. The molecule has 1 aliphatic heterocycles. The molecule has 3 aromatic rings. The molecule has 0 spiro atoms. The number of carbonyl (C=O) groups is 1. The van der Waals surface area contributed by atoms with E-state index in [0.717, 1.165) is 20.1 Å². The van der Waals surface area contributed by atoms with Gasteiger partial charge in [-0.15, -0.1) is 11.3 Å². The van der Waals surface area contributed by atoms with Crippen LogP contribution >= 0.6 is 22.9 Å². The van der Waals surface area contributed by atoms with Crippen molar-refractivity contribution >= 4 is 44.7 Å². The number of hydrogen-bond donors (Lipinski definition) is 2. The van der Waals surface area contributed by atoms with Crippen LogP contribution in [0, 0.1) is 5.82 Å². The van der Waals surface area contributed by atoms with Gasteiger partial charge < -0.3 is 9.73 Å². The summed E-state index contributed by atoms with van der Waals surface area (Å²) >= 11 is 7.10. The molecule has 1 unspecified atom stereocenters. The number of anilines is 1. The average Bonchev–Trinajstić information content (AvgIpc) is 3.38. The number of rotatable bonds is 4. The summed E-state index contributed by atoms with van der Waals surface area (Å²) in [6, 6.07) is 5.78. The van der Waals surface area contributed by atoms with E-state index in [0.29, 0.717) is 5.76 Å². The van der Waals surface area contributed by atoms with Crippen LogP contribution in [-0.4, -0.2) is 36.7 Å². The van der Waals surface area contributed by atoms with E-state index in [2.05, 4.69) is 15.0 Å². The van der Waals surface area contributed by atoms with Crippen molar-refractivity contribution in [3.8, 4) is 10.6 Å². The summed E-state index contributed by atoms with van der Waals surface area (Å²) in [5.41, 5.74) is 0.274. The highest BCUT2D eigenvalue weighted by Crippen LogP contribution is 2.36. The predicted octanol–water partition coefficient (Wildman–Crippen LogP) is 3.41. The monoisotopic (exact) mass is 470 g/mol. The lowest BCUT2D eigenvalue weighted by Gasteiger charge is -2.35. The Kier molecular flexibility index (Phi) is 5.64. The summed E-state index contributed by atoms with van der Waals surface area (Å²) in [5, 5.41) is 2.46. The minimum absolute atomic E-state index is 0.143. The third kappa shape index (κ3) is 4.12. The molecule has 30 heavy (non-hydrogen) atoms. The van der Waals surface area contributed by atoms with Gasteiger partial charge in [-0.1, -0.05) is 11.6 Å². The van der Waals surface area contributed by atoms with Crippen LogP contribution in [0.15, 0.2) is 47.3 Å². The number of likely N-dealkylation sites (N-methyl/N-ethyl adjacent to an activating group) is 1. The van der Waals surface area contributed by atoms with Crippen LogP contribution in [-0.2, 0) is 15.0 Å². The van der Waals surface area contributed by atoms with Crippen molar-refractivity contribution in [3.63, 3.8) is 0 Å². The second-order valence-corrected chi connectivity index (χ2v) is 9.91. The van der Waals surface area contributed by atoms with Gasteiger partial charge in [0, 0.05) is 17.6 Å². The highest BCUT2D eigenvalue weighted by molar-refractivity contribution is 7.87. The van der Waals surface area contributed by atoms with Gasteiger partial charge in [-0.25, -0.2) is 9.37 Å². The molecule has 0 radical (unpaired) electrons. The van der Waals surface area contributed by atoms with Crippen molar-refractivity contribution in [2.24, 2.45) is 0 Å². The van der Waals surface area contributed by atoms with Gasteiger partial charge >= 0.3 is 0 Å². The fourth-order valence-electron chi connectivity index (χ4n) is 3.11. The first-order valence-electron chi connectivity index (χ1n) is 8.74. The van der Waals surface area contributed by atoms with Crippen LogP contribution in [0.5, 0.6) is 0 Å². The van der Waals surface area contributed by atoms with E-state index in [1.54, 1.807) is 12.3 Å². The minimum Gasteiger partial charge on any atom is -0.443 e. The molecule has 1 amide bonds. The Morgan fingerprint density at radius 1 is 1.40 bits per heavy atom. The van der Waals surface area contributed by atoms with Gasteiger partial charge in [0.05, 0.1) is 22.1 Å². The quantitative estimate of drug-likeness (QED) is 0.608. The Bertz CT molecular complexity index is 1180. The summed E-state index contributed by atoms with van der Waals surface area (Å²) in [6.45, 7) is 0. The SMILES string of the molecule is CN1[C@H](C(=O)Nc2ccc(F)c(Cl)c2)CC(c2ccc(-c3cnco3)s2)NS1(=O)=O. The molecule has 0 saturated carbocycles. The lowest BCUT2D eigenvalue weighted by Crippen LogP contribution is -2.55. The van der Waals surface area contributed by atoms with Gasteiger partial charge in [0.1, 0.15) is 11.9 Å². The van der Waals surface area contributed by atoms with Gasteiger partial charge in [0.15, 0.2) is 12.2 Å². The number of nitrogens with zero attached hydrogens (tertiary/aromatic N) is 2. The number of oxazole rings is 1. The zero-order chi connectivity index (χ0) is 21.5. The normalized spacial score (nSPS) is 21.4.